The number of hydrogen-bond donors (Lipinski definition) is 0. The third-order valence-corrected chi connectivity index (χ3v) is 4.97. The van der Waals surface area contributed by atoms with Crippen LogP contribution in [-0.2, 0) is 12.7 Å². The number of hydrogen-bond acceptors (Lipinski definition) is 4. The standard InChI is InChI=1S/C24H15F5N2O2/c1-14-19-10-18(33-23-7-2-15(12-32)8-20(23)24(27,28)29)5-6-22(19)31(13-30-14)11-16-3-4-17(25)9-21(16)26/h2-10,12-13H,1,11H2. The van der Waals surface area contributed by atoms with Gasteiger partial charge < -0.3 is 9.64 Å². The Kier molecular flexibility index (Phi) is 5.71. The highest BCUT2D eigenvalue weighted by Gasteiger charge is 2.35. The minimum atomic E-state index is -4.73. The molecule has 33 heavy (non-hydrogen) atoms. The smallest absolute Gasteiger partial charge is 0.420 e. The molecule has 4 nitrogen and oxygen atoms in total. The van der Waals surface area contributed by atoms with E-state index in [9.17, 15) is 26.7 Å². The van der Waals surface area contributed by atoms with E-state index in [4.69, 9.17) is 4.74 Å². The van der Waals surface area contributed by atoms with Gasteiger partial charge in [-0.05, 0) is 42.5 Å². The van der Waals surface area contributed by atoms with E-state index in [1.54, 1.807) is 11.0 Å². The van der Waals surface area contributed by atoms with Gasteiger partial charge in [0.15, 0.2) is 0 Å². The van der Waals surface area contributed by atoms with Crippen LogP contribution in [0.4, 0.5) is 27.6 Å². The lowest BCUT2D eigenvalue weighted by atomic mass is 10.1. The number of rotatable bonds is 5. The predicted octanol–water partition coefficient (Wildman–Crippen LogP) is 6.61. The zero-order valence-corrected chi connectivity index (χ0v) is 16.9. The van der Waals surface area contributed by atoms with E-state index in [2.05, 4.69) is 11.6 Å². The number of alkyl halides is 3. The molecule has 1 aliphatic rings. The van der Waals surface area contributed by atoms with Crippen LogP contribution >= 0.6 is 0 Å². The number of ether oxygens (including phenoxy) is 1. The predicted molar refractivity (Wildman–Crippen MR) is 113 cm³/mol. The number of aldehydes is 1. The van der Waals surface area contributed by atoms with Crippen LogP contribution in [0.3, 0.4) is 0 Å². The quantitative estimate of drug-likeness (QED) is 0.319. The number of nitrogens with zero attached hydrogens (tertiary/aromatic N) is 2. The van der Waals surface area contributed by atoms with Crippen LogP contribution in [0.2, 0.25) is 0 Å². The summed E-state index contributed by atoms with van der Waals surface area (Å²) in [5.41, 5.74) is 0.376. The summed E-state index contributed by atoms with van der Waals surface area (Å²) in [6.07, 6.45) is -2.97. The van der Waals surface area contributed by atoms with E-state index in [-0.39, 0.29) is 23.4 Å². The Bertz CT molecular complexity index is 1280. The summed E-state index contributed by atoms with van der Waals surface area (Å²) in [7, 11) is 0. The molecule has 0 saturated heterocycles. The van der Waals surface area contributed by atoms with Crippen LogP contribution in [0, 0.1) is 11.6 Å². The van der Waals surface area contributed by atoms with Crippen molar-refractivity contribution >= 4 is 24.0 Å². The molecule has 0 unspecified atom stereocenters. The minimum Gasteiger partial charge on any atom is -0.457 e. The van der Waals surface area contributed by atoms with Crippen molar-refractivity contribution in [2.75, 3.05) is 4.90 Å². The molecule has 9 heteroatoms. The Morgan fingerprint density at radius 2 is 1.82 bits per heavy atom. The van der Waals surface area contributed by atoms with Gasteiger partial charge in [0.05, 0.1) is 29.8 Å². The van der Waals surface area contributed by atoms with E-state index < -0.39 is 29.1 Å². The Balaban J connectivity index is 1.66. The molecule has 0 atom stereocenters. The van der Waals surface area contributed by atoms with Crippen LogP contribution < -0.4 is 9.64 Å². The molecule has 0 amide bonds. The monoisotopic (exact) mass is 458 g/mol. The molecule has 0 bridgehead atoms. The molecule has 0 spiro atoms. The molecule has 3 aromatic carbocycles. The van der Waals surface area contributed by atoms with Crippen molar-refractivity contribution in [3.63, 3.8) is 0 Å². The third kappa shape index (κ3) is 4.62. The van der Waals surface area contributed by atoms with E-state index in [0.29, 0.717) is 29.3 Å². The Morgan fingerprint density at radius 1 is 1.03 bits per heavy atom. The molecule has 4 rings (SSSR count). The second-order valence-electron chi connectivity index (χ2n) is 7.21. The fourth-order valence-corrected chi connectivity index (χ4v) is 3.35. The SMILES string of the molecule is C=C1N=CN(Cc2ccc(F)cc2F)c2ccc(Oc3ccc(C=O)cc3C(F)(F)F)cc21. The van der Waals surface area contributed by atoms with E-state index >= 15 is 0 Å². The molecular formula is C24H15F5N2O2. The van der Waals surface area contributed by atoms with Gasteiger partial charge >= 0.3 is 6.18 Å². The summed E-state index contributed by atoms with van der Waals surface area (Å²) in [4.78, 5) is 16.6. The van der Waals surface area contributed by atoms with Crippen LogP contribution in [0.1, 0.15) is 27.0 Å². The molecule has 0 fully saturated rings. The summed E-state index contributed by atoms with van der Waals surface area (Å²) in [5.74, 6) is -1.79. The highest BCUT2D eigenvalue weighted by Crippen LogP contribution is 2.40. The average molecular weight is 458 g/mol. The summed E-state index contributed by atoms with van der Waals surface area (Å²) in [6.45, 7) is 3.87. The lowest BCUT2D eigenvalue weighted by Gasteiger charge is -2.27. The van der Waals surface area contributed by atoms with Crippen LogP contribution in [-0.4, -0.2) is 12.6 Å². The second-order valence-corrected chi connectivity index (χ2v) is 7.21. The van der Waals surface area contributed by atoms with Crippen molar-refractivity contribution in [1.82, 2.24) is 0 Å². The van der Waals surface area contributed by atoms with Gasteiger partial charge in [0.25, 0.3) is 0 Å². The van der Waals surface area contributed by atoms with Gasteiger partial charge in [0.2, 0.25) is 0 Å². The summed E-state index contributed by atoms with van der Waals surface area (Å²) in [6, 6.07) is 10.7. The Hall–Kier alpha value is -4.01. The highest BCUT2D eigenvalue weighted by molar-refractivity contribution is 5.94. The summed E-state index contributed by atoms with van der Waals surface area (Å²) >= 11 is 0. The average Bonchev–Trinajstić information content (AvgIpc) is 2.77. The zero-order chi connectivity index (χ0) is 23.8. The fourth-order valence-electron chi connectivity index (χ4n) is 3.35. The van der Waals surface area contributed by atoms with Crippen LogP contribution in [0.5, 0.6) is 11.5 Å². The van der Waals surface area contributed by atoms with Crippen molar-refractivity contribution in [1.29, 1.82) is 0 Å². The fraction of sp³-hybridized carbons (Fsp3) is 0.0833. The molecule has 1 aliphatic heterocycles. The largest absolute Gasteiger partial charge is 0.457 e. The lowest BCUT2D eigenvalue weighted by Crippen LogP contribution is -2.24. The number of aliphatic imine (C=N–C) groups is 1. The van der Waals surface area contributed by atoms with Gasteiger partial charge in [-0.15, -0.1) is 0 Å². The topological polar surface area (TPSA) is 41.9 Å². The lowest BCUT2D eigenvalue weighted by molar-refractivity contribution is -0.138. The van der Waals surface area contributed by atoms with Crippen molar-refractivity contribution in [3.8, 4) is 11.5 Å². The maximum absolute atomic E-state index is 14.1. The van der Waals surface area contributed by atoms with Crippen molar-refractivity contribution in [2.24, 2.45) is 4.99 Å². The number of fused-ring (bicyclic) bond motifs is 1. The van der Waals surface area contributed by atoms with Crippen LogP contribution in [0.25, 0.3) is 5.70 Å². The summed E-state index contributed by atoms with van der Waals surface area (Å²) in [5, 5.41) is 0. The molecule has 168 valence electrons. The van der Waals surface area contributed by atoms with Crippen LogP contribution in [0.15, 0.2) is 66.2 Å². The first-order chi connectivity index (χ1) is 15.7. The number of carbonyl (C=O) groups excluding carboxylic acids is 1. The Morgan fingerprint density at radius 3 is 2.52 bits per heavy atom. The van der Waals surface area contributed by atoms with Gasteiger partial charge in [-0.1, -0.05) is 12.6 Å². The molecule has 0 saturated carbocycles. The van der Waals surface area contributed by atoms with Gasteiger partial charge in [0.1, 0.15) is 29.4 Å². The number of carbonyl (C=O) groups is 1. The molecule has 0 radical (unpaired) electrons. The van der Waals surface area contributed by atoms with Crippen molar-refractivity contribution < 1.29 is 31.5 Å². The van der Waals surface area contributed by atoms with Gasteiger partial charge in [-0.25, -0.2) is 13.8 Å². The second kappa shape index (κ2) is 8.50. The van der Waals surface area contributed by atoms with Gasteiger partial charge in [-0.2, -0.15) is 13.2 Å². The molecule has 3 aromatic rings. The van der Waals surface area contributed by atoms with Crippen molar-refractivity contribution in [3.05, 3.63) is 95.1 Å². The first-order valence-corrected chi connectivity index (χ1v) is 9.58. The third-order valence-electron chi connectivity index (χ3n) is 4.97. The maximum Gasteiger partial charge on any atom is 0.420 e. The number of anilines is 1. The van der Waals surface area contributed by atoms with E-state index in [0.717, 1.165) is 18.2 Å². The molecular weight excluding hydrogens is 443 g/mol. The first-order valence-electron chi connectivity index (χ1n) is 9.58. The van der Waals surface area contributed by atoms with E-state index in [1.165, 1.54) is 30.6 Å². The minimum absolute atomic E-state index is 0.0431. The normalized spacial score (nSPS) is 13.1. The molecule has 0 aliphatic carbocycles. The molecule has 1 heterocycles. The van der Waals surface area contributed by atoms with Gasteiger partial charge in [0, 0.05) is 22.8 Å². The molecule has 0 N–H and O–H groups in total. The first kappa shape index (κ1) is 22.2. The highest BCUT2D eigenvalue weighted by atomic mass is 19.4. The zero-order valence-electron chi connectivity index (χ0n) is 16.9. The van der Waals surface area contributed by atoms with E-state index in [1.807, 2.05) is 0 Å². The van der Waals surface area contributed by atoms with Gasteiger partial charge in [-0.3, -0.25) is 4.79 Å². The summed E-state index contributed by atoms with van der Waals surface area (Å²) < 4.78 is 73.1. The Labute approximate surface area is 185 Å². The molecule has 0 aromatic heterocycles. The number of halogens is 5. The number of benzene rings is 3. The maximum atomic E-state index is 14.1. The van der Waals surface area contributed by atoms with Crippen molar-refractivity contribution in [2.45, 2.75) is 12.7 Å².